The highest BCUT2D eigenvalue weighted by atomic mass is 16.5. The lowest BCUT2D eigenvalue weighted by molar-refractivity contribution is 0.0941. The van der Waals surface area contributed by atoms with E-state index in [1.54, 1.807) is 0 Å². The van der Waals surface area contributed by atoms with Gasteiger partial charge >= 0.3 is 0 Å². The molecule has 0 fully saturated rings. The lowest BCUT2D eigenvalue weighted by atomic mass is 10.00. The average Bonchev–Trinajstić information content (AvgIpc) is 2.82. The molecular formula is C13H14N2O. The smallest absolute Gasteiger partial charge is 0.0910 e. The van der Waals surface area contributed by atoms with E-state index in [1.807, 2.05) is 29.2 Å². The first kappa shape index (κ1) is 9.48. The Kier molecular flexibility index (Phi) is 2.38. The number of aromatic nitrogens is 1. The SMILES string of the molecule is c1ccc2c(c1)COCC2Nn1cccc1. The maximum Gasteiger partial charge on any atom is 0.0910 e. The summed E-state index contributed by atoms with van der Waals surface area (Å²) in [5.41, 5.74) is 6.02. The summed E-state index contributed by atoms with van der Waals surface area (Å²) < 4.78 is 7.55. The molecule has 0 amide bonds. The fourth-order valence-corrected chi connectivity index (χ4v) is 2.09. The van der Waals surface area contributed by atoms with Gasteiger partial charge in [0.2, 0.25) is 0 Å². The molecule has 0 saturated carbocycles. The number of benzene rings is 1. The van der Waals surface area contributed by atoms with Crippen LogP contribution in [0.25, 0.3) is 0 Å². The lowest BCUT2D eigenvalue weighted by Gasteiger charge is -2.27. The van der Waals surface area contributed by atoms with Crippen molar-refractivity contribution in [3.05, 3.63) is 59.9 Å². The Morgan fingerprint density at radius 2 is 1.94 bits per heavy atom. The zero-order chi connectivity index (χ0) is 10.8. The summed E-state index contributed by atoms with van der Waals surface area (Å²) in [7, 11) is 0. The molecule has 3 nitrogen and oxygen atoms in total. The fraction of sp³-hybridized carbons (Fsp3) is 0.231. The van der Waals surface area contributed by atoms with Gasteiger partial charge in [-0.1, -0.05) is 24.3 Å². The highest BCUT2D eigenvalue weighted by molar-refractivity contribution is 5.32. The minimum Gasteiger partial charge on any atom is -0.374 e. The third-order valence-electron chi connectivity index (χ3n) is 2.88. The molecule has 1 atom stereocenters. The Bertz CT molecular complexity index is 465. The van der Waals surface area contributed by atoms with Crippen molar-refractivity contribution >= 4 is 0 Å². The number of ether oxygens (including phenoxy) is 1. The monoisotopic (exact) mass is 214 g/mol. The van der Waals surface area contributed by atoms with Crippen LogP contribution in [0.5, 0.6) is 0 Å². The second-order valence-corrected chi connectivity index (χ2v) is 3.99. The fourth-order valence-electron chi connectivity index (χ4n) is 2.09. The third kappa shape index (κ3) is 1.70. The predicted molar refractivity (Wildman–Crippen MR) is 62.6 cm³/mol. The van der Waals surface area contributed by atoms with Crippen molar-refractivity contribution < 1.29 is 4.74 Å². The molecular weight excluding hydrogens is 200 g/mol. The molecule has 1 aliphatic rings. The van der Waals surface area contributed by atoms with Crippen molar-refractivity contribution in [1.29, 1.82) is 0 Å². The Morgan fingerprint density at radius 3 is 2.81 bits per heavy atom. The van der Waals surface area contributed by atoms with Crippen LogP contribution in [-0.4, -0.2) is 11.3 Å². The molecule has 1 N–H and O–H groups in total. The van der Waals surface area contributed by atoms with Crippen molar-refractivity contribution in [3.63, 3.8) is 0 Å². The highest BCUT2D eigenvalue weighted by Gasteiger charge is 2.19. The topological polar surface area (TPSA) is 26.2 Å². The predicted octanol–water partition coefficient (Wildman–Crippen LogP) is 2.30. The molecule has 1 aliphatic heterocycles. The number of fused-ring (bicyclic) bond motifs is 1. The normalized spacial score (nSPS) is 19.1. The Hall–Kier alpha value is -1.74. The molecule has 0 spiro atoms. The Labute approximate surface area is 94.6 Å². The van der Waals surface area contributed by atoms with Crippen LogP contribution in [-0.2, 0) is 11.3 Å². The maximum absolute atomic E-state index is 5.58. The van der Waals surface area contributed by atoms with E-state index in [-0.39, 0.29) is 6.04 Å². The van der Waals surface area contributed by atoms with Crippen molar-refractivity contribution in [2.24, 2.45) is 0 Å². The second-order valence-electron chi connectivity index (χ2n) is 3.99. The van der Waals surface area contributed by atoms with E-state index >= 15 is 0 Å². The van der Waals surface area contributed by atoms with Crippen LogP contribution >= 0.6 is 0 Å². The Balaban J connectivity index is 1.87. The van der Waals surface area contributed by atoms with Gasteiger partial charge in [0.25, 0.3) is 0 Å². The molecule has 82 valence electrons. The maximum atomic E-state index is 5.58. The van der Waals surface area contributed by atoms with E-state index in [9.17, 15) is 0 Å². The van der Waals surface area contributed by atoms with E-state index < -0.39 is 0 Å². The molecule has 0 saturated heterocycles. The van der Waals surface area contributed by atoms with Crippen molar-refractivity contribution in [1.82, 2.24) is 4.68 Å². The van der Waals surface area contributed by atoms with E-state index in [0.717, 1.165) is 13.2 Å². The van der Waals surface area contributed by atoms with Gasteiger partial charge in [-0.15, -0.1) is 0 Å². The molecule has 1 unspecified atom stereocenters. The van der Waals surface area contributed by atoms with Crippen molar-refractivity contribution in [2.75, 3.05) is 12.0 Å². The molecule has 1 aromatic carbocycles. The van der Waals surface area contributed by atoms with Crippen LogP contribution in [0.1, 0.15) is 17.2 Å². The molecule has 0 bridgehead atoms. The summed E-state index contributed by atoms with van der Waals surface area (Å²) in [6.07, 6.45) is 3.99. The van der Waals surface area contributed by atoms with Gasteiger partial charge in [-0.3, -0.25) is 4.68 Å². The highest BCUT2D eigenvalue weighted by Crippen LogP contribution is 2.24. The van der Waals surface area contributed by atoms with Crippen LogP contribution in [0.2, 0.25) is 0 Å². The zero-order valence-electron chi connectivity index (χ0n) is 8.97. The quantitative estimate of drug-likeness (QED) is 0.830. The van der Waals surface area contributed by atoms with Crippen molar-refractivity contribution in [2.45, 2.75) is 12.6 Å². The van der Waals surface area contributed by atoms with Crippen LogP contribution < -0.4 is 5.43 Å². The Morgan fingerprint density at radius 1 is 1.12 bits per heavy atom. The van der Waals surface area contributed by atoms with E-state index in [1.165, 1.54) is 11.1 Å². The van der Waals surface area contributed by atoms with Gasteiger partial charge in [-0.2, -0.15) is 0 Å². The standard InChI is InChI=1S/C13H14N2O/c1-2-6-12-11(5-1)9-16-10-13(12)14-15-7-3-4-8-15/h1-8,13-14H,9-10H2. The zero-order valence-corrected chi connectivity index (χ0v) is 8.97. The molecule has 0 aliphatic carbocycles. The minimum atomic E-state index is 0.234. The second kappa shape index (κ2) is 4.02. The van der Waals surface area contributed by atoms with Crippen LogP contribution in [0, 0.1) is 0 Å². The lowest BCUT2D eigenvalue weighted by Crippen LogP contribution is -2.28. The van der Waals surface area contributed by atoms with Gasteiger partial charge in [-0.25, -0.2) is 0 Å². The molecule has 2 heterocycles. The van der Waals surface area contributed by atoms with Gasteiger partial charge in [0.1, 0.15) is 0 Å². The minimum absolute atomic E-state index is 0.234. The molecule has 3 rings (SSSR count). The molecule has 1 aromatic heterocycles. The van der Waals surface area contributed by atoms with Crippen molar-refractivity contribution in [3.8, 4) is 0 Å². The molecule has 2 aromatic rings. The van der Waals surface area contributed by atoms with Gasteiger partial charge < -0.3 is 10.2 Å². The first-order valence-electron chi connectivity index (χ1n) is 5.48. The summed E-state index contributed by atoms with van der Waals surface area (Å²) in [5.74, 6) is 0. The molecule has 0 radical (unpaired) electrons. The number of hydrogen-bond donors (Lipinski definition) is 1. The van der Waals surface area contributed by atoms with Gasteiger partial charge in [0, 0.05) is 12.4 Å². The first-order chi connectivity index (χ1) is 7.93. The van der Waals surface area contributed by atoms with Crippen LogP contribution in [0.15, 0.2) is 48.8 Å². The van der Waals surface area contributed by atoms with Gasteiger partial charge in [0.05, 0.1) is 19.3 Å². The number of rotatable bonds is 2. The van der Waals surface area contributed by atoms with Gasteiger partial charge in [-0.05, 0) is 23.3 Å². The van der Waals surface area contributed by atoms with Crippen LogP contribution in [0.4, 0.5) is 0 Å². The summed E-state index contributed by atoms with van der Waals surface area (Å²) in [4.78, 5) is 0. The number of nitrogens with zero attached hydrogens (tertiary/aromatic N) is 1. The van der Waals surface area contributed by atoms with E-state index in [0.29, 0.717) is 0 Å². The first-order valence-corrected chi connectivity index (χ1v) is 5.48. The molecule has 3 heteroatoms. The van der Waals surface area contributed by atoms with E-state index in [2.05, 4.69) is 29.7 Å². The summed E-state index contributed by atoms with van der Waals surface area (Å²) in [6.45, 7) is 1.44. The van der Waals surface area contributed by atoms with Crippen LogP contribution in [0.3, 0.4) is 0 Å². The largest absolute Gasteiger partial charge is 0.374 e. The molecule has 16 heavy (non-hydrogen) atoms. The summed E-state index contributed by atoms with van der Waals surface area (Å²) >= 11 is 0. The summed E-state index contributed by atoms with van der Waals surface area (Å²) in [6, 6.07) is 12.7. The number of nitrogens with one attached hydrogen (secondary N) is 1. The summed E-state index contributed by atoms with van der Waals surface area (Å²) in [5, 5.41) is 0. The number of hydrogen-bond acceptors (Lipinski definition) is 2. The average molecular weight is 214 g/mol. The van der Waals surface area contributed by atoms with Gasteiger partial charge in [0.15, 0.2) is 0 Å². The third-order valence-corrected chi connectivity index (χ3v) is 2.88. The van der Waals surface area contributed by atoms with E-state index in [4.69, 9.17) is 4.74 Å².